The first kappa shape index (κ1) is 21.3. The standard InChI is InChI=1S/C26H30N7O/c1-16-18-15-31(24(34)17(18)14-22(27-16)32-13-7-11-25(32,2)3)20-9-6-8-19(28-20)23-30-29-21-10-12-26(4,5)33(21)23/h6,8-9,14H,1,7,10-13,15H2,2-5H3. The molecule has 175 valence electrons. The Morgan fingerprint density at radius 3 is 2.59 bits per heavy atom. The maximum atomic E-state index is 13.5. The van der Waals surface area contributed by atoms with Crippen LogP contribution in [0.1, 0.15) is 74.4 Å². The van der Waals surface area contributed by atoms with Crippen LogP contribution in [-0.2, 0) is 18.5 Å². The quantitative estimate of drug-likeness (QED) is 0.589. The van der Waals surface area contributed by atoms with Crippen molar-refractivity contribution in [3.8, 4) is 11.5 Å². The molecule has 0 aliphatic carbocycles. The van der Waals surface area contributed by atoms with E-state index in [1.807, 2.05) is 24.3 Å². The van der Waals surface area contributed by atoms with E-state index in [1.165, 1.54) is 0 Å². The van der Waals surface area contributed by atoms with Gasteiger partial charge in [-0.1, -0.05) is 6.07 Å². The van der Waals surface area contributed by atoms with Gasteiger partial charge in [-0.15, -0.1) is 10.2 Å². The van der Waals surface area contributed by atoms with Crippen LogP contribution in [0.5, 0.6) is 0 Å². The topological polar surface area (TPSA) is 80.0 Å². The lowest BCUT2D eigenvalue weighted by molar-refractivity contribution is 0.0996. The van der Waals surface area contributed by atoms with Crippen molar-refractivity contribution in [2.24, 2.45) is 0 Å². The summed E-state index contributed by atoms with van der Waals surface area (Å²) in [6.07, 6.45) is 4.17. The van der Waals surface area contributed by atoms with Crippen LogP contribution in [-0.4, -0.2) is 42.7 Å². The fourth-order valence-corrected chi connectivity index (χ4v) is 5.72. The second-order valence-electron chi connectivity index (χ2n) is 10.9. The molecule has 8 heteroatoms. The number of rotatable bonds is 3. The van der Waals surface area contributed by atoms with Crippen LogP contribution in [0.25, 0.3) is 11.5 Å². The van der Waals surface area contributed by atoms with Crippen molar-refractivity contribution in [2.75, 3.05) is 16.3 Å². The molecule has 0 unspecified atom stereocenters. The Hall–Kier alpha value is -3.29. The predicted octanol–water partition coefficient (Wildman–Crippen LogP) is 4.14. The average molecular weight is 457 g/mol. The normalized spacial score (nSPS) is 20.2. The van der Waals surface area contributed by atoms with Crippen molar-refractivity contribution >= 4 is 17.5 Å². The molecule has 0 saturated carbocycles. The van der Waals surface area contributed by atoms with Crippen molar-refractivity contribution in [2.45, 2.75) is 71.0 Å². The van der Waals surface area contributed by atoms with E-state index < -0.39 is 0 Å². The van der Waals surface area contributed by atoms with Gasteiger partial charge in [-0.2, -0.15) is 0 Å². The Kier molecular flexibility index (Phi) is 4.44. The van der Waals surface area contributed by atoms with Gasteiger partial charge in [-0.3, -0.25) is 9.69 Å². The van der Waals surface area contributed by atoms with Crippen LogP contribution in [0.2, 0.25) is 0 Å². The fraction of sp³-hybridized carbons (Fsp3) is 0.462. The van der Waals surface area contributed by atoms with Crippen molar-refractivity contribution in [3.05, 3.63) is 53.8 Å². The van der Waals surface area contributed by atoms with Gasteiger partial charge in [0.1, 0.15) is 23.2 Å². The molecule has 3 aromatic rings. The molecule has 0 aromatic carbocycles. The van der Waals surface area contributed by atoms with Gasteiger partial charge < -0.3 is 9.47 Å². The van der Waals surface area contributed by atoms with Crippen LogP contribution in [0.15, 0.2) is 24.3 Å². The van der Waals surface area contributed by atoms with E-state index in [9.17, 15) is 4.79 Å². The summed E-state index contributed by atoms with van der Waals surface area (Å²) in [6.45, 7) is 14.4. The highest BCUT2D eigenvalue weighted by molar-refractivity contribution is 6.10. The number of pyridine rings is 2. The highest BCUT2D eigenvalue weighted by Crippen LogP contribution is 2.38. The van der Waals surface area contributed by atoms with Gasteiger partial charge in [-0.25, -0.2) is 9.97 Å². The molecule has 1 fully saturated rings. The van der Waals surface area contributed by atoms with E-state index in [0.717, 1.165) is 61.0 Å². The highest BCUT2D eigenvalue weighted by Gasteiger charge is 2.37. The van der Waals surface area contributed by atoms with Crippen LogP contribution in [0.4, 0.5) is 11.6 Å². The third-order valence-corrected chi connectivity index (χ3v) is 7.70. The number of carbonyl (C=O) groups excluding carboxylic acids is 1. The number of amides is 1. The van der Waals surface area contributed by atoms with E-state index in [-0.39, 0.29) is 17.0 Å². The van der Waals surface area contributed by atoms with Gasteiger partial charge in [-0.05, 0) is 72.1 Å². The summed E-state index contributed by atoms with van der Waals surface area (Å²) in [5, 5.41) is 8.82. The lowest BCUT2D eigenvalue weighted by Gasteiger charge is -2.33. The molecule has 1 saturated heterocycles. The van der Waals surface area contributed by atoms with Crippen molar-refractivity contribution in [3.63, 3.8) is 0 Å². The molecule has 6 rings (SSSR count). The fourth-order valence-electron chi connectivity index (χ4n) is 5.72. The summed E-state index contributed by atoms with van der Waals surface area (Å²) in [4.78, 5) is 27.2. The predicted molar refractivity (Wildman–Crippen MR) is 131 cm³/mol. The molecular formula is C26H30N7O. The third-order valence-electron chi connectivity index (χ3n) is 7.70. The Morgan fingerprint density at radius 2 is 1.82 bits per heavy atom. The number of anilines is 2. The number of carbonyl (C=O) groups is 1. The molecule has 3 aliphatic rings. The van der Waals surface area contributed by atoms with Crippen molar-refractivity contribution in [1.82, 2.24) is 24.7 Å². The first-order valence-electron chi connectivity index (χ1n) is 12.0. The Morgan fingerprint density at radius 1 is 1.00 bits per heavy atom. The number of hydrogen-bond donors (Lipinski definition) is 0. The minimum atomic E-state index is -0.0583. The number of nitrogens with zero attached hydrogens (tertiary/aromatic N) is 7. The molecule has 6 heterocycles. The Balaban J connectivity index is 1.35. The summed E-state index contributed by atoms with van der Waals surface area (Å²) in [5.41, 5.74) is 2.91. The zero-order valence-corrected chi connectivity index (χ0v) is 20.3. The van der Waals surface area contributed by atoms with Crippen molar-refractivity contribution < 1.29 is 4.79 Å². The molecule has 0 bridgehead atoms. The molecule has 3 aliphatic heterocycles. The summed E-state index contributed by atoms with van der Waals surface area (Å²) < 4.78 is 2.18. The van der Waals surface area contributed by atoms with Gasteiger partial charge in [0.05, 0.1) is 12.1 Å². The first-order chi connectivity index (χ1) is 16.2. The van der Waals surface area contributed by atoms with E-state index in [0.29, 0.717) is 23.6 Å². The van der Waals surface area contributed by atoms with E-state index >= 15 is 0 Å². The van der Waals surface area contributed by atoms with Gasteiger partial charge in [0, 0.05) is 35.3 Å². The summed E-state index contributed by atoms with van der Waals surface area (Å²) >= 11 is 0. The molecule has 8 nitrogen and oxygen atoms in total. The molecule has 1 amide bonds. The van der Waals surface area contributed by atoms with Crippen LogP contribution >= 0.6 is 0 Å². The smallest absolute Gasteiger partial charge is 0.260 e. The zero-order valence-electron chi connectivity index (χ0n) is 20.3. The molecule has 1 radical (unpaired) electrons. The maximum Gasteiger partial charge on any atom is 0.260 e. The molecule has 34 heavy (non-hydrogen) atoms. The van der Waals surface area contributed by atoms with E-state index in [4.69, 9.17) is 9.97 Å². The second-order valence-corrected chi connectivity index (χ2v) is 10.9. The highest BCUT2D eigenvalue weighted by atomic mass is 16.2. The second kappa shape index (κ2) is 7.10. The monoisotopic (exact) mass is 456 g/mol. The van der Waals surface area contributed by atoms with Gasteiger partial charge in [0.25, 0.3) is 5.91 Å². The van der Waals surface area contributed by atoms with Gasteiger partial charge in [0.2, 0.25) is 0 Å². The summed E-state index contributed by atoms with van der Waals surface area (Å²) in [6, 6.07) is 7.68. The lowest BCUT2D eigenvalue weighted by Crippen LogP contribution is -2.38. The van der Waals surface area contributed by atoms with Crippen LogP contribution in [0.3, 0.4) is 0 Å². The SMILES string of the molecule is [CH2]c1nc(N2CCCC2(C)C)cc2c1CN(c1cccc(-c3nnc4n3C(C)(C)CC4)n1)C2=O. The summed E-state index contributed by atoms with van der Waals surface area (Å²) in [5.74, 6) is 3.12. The Labute approximate surface area is 200 Å². The van der Waals surface area contributed by atoms with Crippen molar-refractivity contribution in [1.29, 1.82) is 0 Å². The average Bonchev–Trinajstić information content (AvgIpc) is 3.53. The maximum absolute atomic E-state index is 13.5. The number of aromatic nitrogens is 5. The molecule has 0 spiro atoms. The van der Waals surface area contributed by atoms with E-state index in [2.05, 4.69) is 54.3 Å². The molecule has 3 aromatic heterocycles. The van der Waals surface area contributed by atoms with Gasteiger partial charge in [0.15, 0.2) is 5.82 Å². The molecular weight excluding hydrogens is 426 g/mol. The molecule has 0 atom stereocenters. The first-order valence-corrected chi connectivity index (χ1v) is 12.0. The minimum absolute atomic E-state index is 0.0250. The van der Waals surface area contributed by atoms with Crippen LogP contribution in [0, 0.1) is 6.92 Å². The van der Waals surface area contributed by atoms with Gasteiger partial charge >= 0.3 is 0 Å². The van der Waals surface area contributed by atoms with Crippen LogP contribution < -0.4 is 9.80 Å². The number of aryl methyl sites for hydroxylation is 1. The largest absolute Gasteiger partial charge is 0.351 e. The molecule has 0 N–H and O–H groups in total. The Bertz CT molecular complexity index is 1320. The van der Waals surface area contributed by atoms with E-state index in [1.54, 1.807) is 4.90 Å². The lowest BCUT2D eigenvalue weighted by atomic mass is 10.0. The zero-order chi connectivity index (χ0) is 23.8. The number of hydrogen-bond acceptors (Lipinski definition) is 6. The third kappa shape index (κ3) is 3.07. The number of fused-ring (bicyclic) bond motifs is 2. The minimum Gasteiger partial charge on any atom is -0.351 e. The summed E-state index contributed by atoms with van der Waals surface area (Å²) in [7, 11) is 0.